The molecule has 0 spiro atoms. The quantitative estimate of drug-likeness (QED) is 0.904. The van der Waals surface area contributed by atoms with Crippen LogP contribution in [0.4, 0.5) is 10.1 Å². The van der Waals surface area contributed by atoms with Gasteiger partial charge < -0.3 is 5.32 Å². The SMILES string of the molecule is CC(C)c1nc(C(C)Nc2ccc(F)cc2C#N)cs1. The van der Waals surface area contributed by atoms with Crippen molar-refractivity contribution in [3.05, 3.63) is 45.7 Å². The maximum atomic E-state index is 13.1. The summed E-state index contributed by atoms with van der Waals surface area (Å²) in [5, 5.41) is 15.4. The molecule has 20 heavy (non-hydrogen) atoms. The Hall–Kier alpha value is -1.93. The molecule has 0 saturated heterocycles. The molecule has 1 atom stereocenters. The molecule has 0 aliphatic rings. The van der Waals surface area contributed by atoms with Crippen LogP contribution < -0.4 is 5.32 Å². The van der Waals surface area contributed by atoms with E-state index in [2.05, 4.69) is 24.1 Å². The number of nitrogens with zero attached hydrogens (tertiary/aromatic N) is 2. The highest BCUT2D eigenvalue weighted by atomic mass is 32.1. The summed E-state index contributed by atoms with van der Waals surface area (Å²) < 4.78 is 13.1. The maximum absolute atomic E-state index is 13.1. The van der Waals surface area contributed by atoms with Crippen molar-refractivity contribution in [1.82, 2.24) is 4.98 Å². The Morgan fingerprint density at radius 3 is 2.70 bits per heavy atom. The Morgan fingerprint density at radius 1 is 1.35 bits per heavy atom. The molecule has 2 aromatic rings. The van der Waals surface area contributed by atoms with Gasteiger partial charge in [-0.3, -0.25) is 0 Å². The highest BCUT2D eigenvalue weighted by molar-refractivity contribution is 7.09. The zero-order chi connectivity index (χ0) is 14.7. The zero-order valence-corrected chi connectivity index (χ0v) is 12.5. The van der Waals surface area contributed by atoms with Gasteiger partial charge >= 0.3 is 0 Å². The molecule has 2 rings (SSSR count). The van der Waals surface area contributed by atoms with Gasteiger partial charge in [-0.2, -0.15) is 5.26 Å². The fourth-order valence-electron chi connectivity index (χ4n) is 1.81. The van der Waals surface area contributed by atoms with Gasteiger partial charge in [0.15, 0.2) is 0 Å². The van der Waals surface area contributed by atoms with Crippen molar-refractivity contribution in [2.24, 2.45) is 0 Å². The van der Waals surface area contributed by atoms with E-state index in [1.165, 1.54) is 12.1 Å². The fourth-order valence-corrected chi connectivity index (χ4v) is 2.74. The molecule has 104 valence electrons. The van der Waals surface area contributed by atoms with Crippen LogP contribution in [0.1, 0.15) is 49.0 Å². The van der Waals surface area contributed by atoms with Crippen LogP contribution in [0.3, 0.4) is 0 Å². The van der Waals surface area contributed by atoms with Gasteiger partial charge in [-0.15, -0.1) is 11.3 Å². The summed E-state index contributed by atoms with van der Waals surface area (Å²) >= 11 is 1.63. The molecule has 1 N–H and O–H groups in total. The molecule has 0 radical (unpaired) electrons. The van der Waals surface area contributed by atoms with E-state index in [0.29, 0.717) is 17.2 Å². The van der Waals surface area contributed by atoms with Gasteiger partial charge in [-0.1, -0.05) is 13.8 Å². The highest BCUT2D eigenvalue weighted by Gasteiger charge is 2.13. The van der Waals surface area contributed by atoms with Crippen LogP contribution in [0.25, 0.3) is 0 Å². The third kappa shape index (κ3) is 3.14. The number of nitrogens with one attached hydrogen (secondary N) is 1. The molecule has 0 saturated carbocycles. The predicted octanol–water partition coefficient (Wildman–Crippen LogP) is 4.45. The van der Waals surface area contributed by atoms with Crippen LogP contribution in [-0.2, 0) is 0 Å². The monoisotopic (exact) mass is 289 g/mol. The van der Waals surface area contributed by atoms with Crippen molar-refractivity contribution >= 4 is 17.0 Å². The average molecular weight is 289 g/mol. The molecule has 1 unspecified atom stereocenters. The van der Waals surface area contributed by atoms with Gasteiger partial charge in [0.25, 0.3) is 0 Å². The number of aromatic nitrogens is 1. The molecule has 0 bridgehead atoms. The Morgan fingerprint density at radius 2 is 2.10 bits per heavy atom. The fraction of sp³-hybridized carbons (Fsp3) is 0.333. The number of nitriles is 1. The van der Waals surface area contributed by atoms with Gasteiger partial charge in [-0.05, 0) is 25.1 Å². The highest BCUT2D eigenvalue weighted by Crippen LogP contribution is 2.26. The van der Waals surface area contributed by atoms with E-state index in [0.717, 1.165) is 10.7 Å². The molecule has 5 heteroatoms. The van der Waals surface area contributed by atoms with Gasteiger partial charge in [-0.25, -0.2) is 9.37 Å². The molecule has 1 aromatic carbocycles. The summed E-state index contributed by atoms with van der Waals surface area (Å²) in [5.74, 6) is -0.00283. The van der Waals surface area contributed by atoms with Crippen molar-refractivity contribution in [1.29, 1.82) is 5.26 Å². The Kier molecular flexibility index (Phi) is 4.35. The molecule has 3 nitrogen and oxygen atoms in total. The van der Waals surface area contributed by atoms with Gasteiger partial charge in [0, 0.05) is 11.3 Å². The largest absolute Gasteiger partial charge is 0.376 e. The van der Waals surface area contributed by atoms with E-state index < -0.39 is 5.82 Å². The number of anilines is 1. The van der Waals surface area contributed by atoms with Crippen molar-refractivity contribution in [2.45, 2.75) is 32.7 Å². The van der Waals surface area contributed by atoms with Crippen molar-refractivity contribution in [2.75, 3.05) is 5.32 Å². The Balaban J connectivity index is 2.19. The van der Waals surface area contributed by atoms with Crippen LogP contribution in [0.15, 0.2) is 23.6 Å². The molecule has 1 heterocycles. The predicted molar refractivity (Wildman–Crippen MR) is 79.4 cm³/mol. The summed E-state index contributed by atoms with van der Waals surface area (Å²) in [6.45, 7) is 6.19. The molecule has 1 aromatic heterocycles. The lowest BCUT2D eigenvalue weighted by atomic mass is 10.1. The van der Waals surface area contributed by atoms with Crippen molar-refractivity contribution in [3.8, 4) is 6.07 Å². The molecule has 0 fully saturated rings. The minimum absolute atomic E-state index is 0.0312. The van der Waals surface area contributed by atoms with Crippen LogP contribution in [0.5, 0.6) is 0 Å². The minimum Gasteiger partial charge on any atom is -0.376 e. The standard InChI is InChI=1S/C15H16FN3S/c1-9(2)15-19-14(8-20-15)10(3)18-13-5-4-12(16)6-11(13)7-17/h4-6,8-10,18H,1-3H3. The van der Waals surface area contributed by atoms with E-state index in [-0.39, 0.29) is 6.04 Å². The summed E-state index contributed by atoms with van der Waals surface area (Å²) in [6, 6.07) is 6.12. The molecule has 0 aliphatic carbocycles. The number of halogens is 1. The topological polar surface area (TPSA) is 48.7 Å². The smallest absolute Gasteiger partial charge is 0.124 e. The number of rotatable bonds is 4. The third-order valence-electron chi connectivity index (χ3n) is 2.95. The first-order valence-electron chi connectivity index (χ1n) is 6.42. The van der Waals surface area contributed by atoms with E-state index in [4.69, 9.17) is 5.26 Å². The van der Waals surface area contributed by atoms with Gasteiger partial charge in [0.1, 0.15) is 11.9 Å². The summed E-state index contributed by atoms with van der Waals surface area (Å²) in [7, 11) is 0. The number of hydrogen-bond acceptors (Lipinski definition) is 4. The number of benzene rings is 1. The van der Waals surface area contributed by atoms with E-state index in [9.17, 15) is 4.39 Å². The average Bonchev–Trinajstić information content (AvgIpc) is 2.90. The lowest BCUT2D eigenvalue weighted by Crippen LogP contribution is -2.08. The lowest BCUT2D eigenvalue weighted by Gasteiger charge is -2.14. The van der Waals surface area contributed by atoms with Crippen LogP contribution in [0, 0.1) is 17.1 Å². The minimum atomic E-state index is -0.407. The van der Waals surface area contributed by atoms with E-state index in [1.807, 2.05) is 18.4 Å². The molecular weight excluding hydrogens is 273 g/mol. The van der Waals surface area contributed by atoms with E-state index in [1.54, 1.807) is 17.4 Å². The molecule has 0 amide bonds. The zero-order valence-electron chi connectivity index (χ0n) is 11.6. The second-order valence-corrected chi connectivity index (χ2v) is 5.82. The second-order valence-electron chi connectivity index (χ2n) is 4.93. The first kappa shape index (κ1) is 14.5. The van der Waals surface area contributed by atoms with Gasteiger partial charge in [0.2, 0.25) is 0 Å². The normalized spacial score (nSPS) is 12.2. The Labute approximate surface area is 122 Å². The molecular formula is C15H16FN3S. The second kappa shape index (κ2) is 6.02. The van der Waals surface area contributed by atoms with E-state index >= 15 is 0 Å². The maximum Gasteiger partial charge on any atom is 0.124 e. The van der Waals surface area contributed by atoms with Crippen molar-refractivity contribution < 1.29 is 4.39 Å². The summed E-state index contributed by atoms with van der Waals surface area (Å²) in [6.07, 6.45) is 0. The summed E-state index contributed by atoms with van der Waals surface area (Å²) in [4.78, 5) is 4.58. The number of thiazole rings is 1. The molecule has 0 aliphatic heterocycles. The van der Waals surface area contributed by atoms with Gasteiger partial charge in [0.05, 0.1) is 28.0 Å². The van der Waals surface area contributed by atoms with Crippen LogP contribution in [-0.4, -0.2) is 4.98 Å². The third-order valence-corrected chi connectivity index (χ3v) is 4.11. The van der Waals surface area contributed by atoms with Crippen LogP contribution in [0.2, 0.25) is 0 Å². The van der Waals surface area contributed by atoms with Crippen molar-refractivity contribution in [3.63, 3.8) is 0 Å². The lowest BCUT2D eigenvalue weighted by molar-refractivity contribution is 0.627. The first-order valence-corrected chi connectivity index (χ1v) is 7.30. The Bertz CT molecular complexity index is 643. The first-order chi connectivity index (χ1) is 9.51. The number of hydrogen-bond donors (Lipinski definition) is 1. The van der Waals surface area contributed by atoms with Crippen LogP contribution >= 0.6 is 11.3 Å². The summed E-state index contributed by atoms with van der Waals surface area (Å²) in [5.41, 5.74) is 1.86.